The van der Waals surface area contributed by atoms with Crippen molar-refractivity contribution in [1.29, 1.82) is 0 Å². The molecular formula is C15H26. The maximum atomic E-state index is 2.41. The van der Waals surface area contributed by atoms with Crippen LogP contribution in [0.25, 0.3) is 0 Å². The molecule has 0 aliphatic heterocycles. The first-order valence-electron chi connectivity index (χ1n) is 6.77. The molecule has 0 spiro atoms. The molecule has 86 valence electrons. The third-order valence-corrected chi connectivity index (χ3v) is 3.25. The summed E-state index contributed by atoms with van der Waals surface area (Å²) in [7, 11) is 0. The van der Waals surface area contributed by atoms with Crippen LogP contribution in [-0.4, -0.2) is 0 Å². The zero-order valence-corrected chi connectivity index (χ0v) is 10.3. The Morgan fingerprint density at radius 2 is 1.80 bits per heavy atom. The molecule has 0 atom stereocenters. The number of hydrogen-bond donors (Lipinski definition) is 0. The predicted octanol–water partition coefficient (Wildman–Crippen LogP) is 5.26. The van der Waals surface area contributed by atoms with Gasteiger partial charge in [-0.1, -0.05) is 63.3 Å². The SMILES string of the molecule is CCCCC/C=C/C=C/C1CCCCC1. The van der Waals surface area contributed by atoms with Gasteiger partial charge in [-0.3, -0.25) is 0 Å². The van der Waals surface area contributed by atoms with Crippen molar-refractivity contribution >= 4 is 0 Å². The van der Waals surface area contributed by atoms with Crippen molar-refractivity contribution < 1.29 is 0 Å². The van der Waals surface area contributed by atoms with E-state index in [9.17, 15) is 0 Å². The Hall–Kier alpha value is -0.520. The summed E-state index contributed by atoms with van der Waals surface area (Å²) in [5.74, 6) is 0.874. The maximum Gasteiger partial charge on any atom is -0.0230 e. The summed E-state index contributed by atoms with van der Waals surface area (Å²) in [5, 5.41) is 0. The number of hydrogen-bond acceptors (Lipinski definition) is 0. The Morgan fingerprint density at radius 3 is 2.53 bits per heavy atom. The molecule has 0 unspecified atom stereocenters. The van der Waals surface area contributed by atoms with E-state index in [-0.39, 0.29) is 0 Å². The highest BCUT2D eigenvalue weighted by Gasteiger charge is 2.08. The van der Waals surface area contributed by atoms with Crippen LogP contribution in [0.15, 0.2) is 24.3 Å². The molecule has 0 bridgehead atoms. The summed E-state index contributed by atoms with van der Waals surface area (Å²) in [5.41, 5.74) is 0. The van der Waals surface area contributed by atoms with Crippen molar-refractivity contribution in [3.05, 3.63) is 24.3 Å². The Balaban J connectivity index is 2.04. The Labute approximate surface area is 95.5 Å². The van der Waals surface area contributed by atoms with Crippen LogP contribution < -0.4 is 0 Å². The highest BCUT2D eigenvalue weighted by molar-refractivity contribution is 5.04. The Kier molecular flexibility index (Phi) is 7.33. The predicted molar refractivity (Wildman–Crippen MR) is 69.0 cm³/mol. The average Bonchev–Trinajstić information content (AvgIpc) is 2.29. The van der Waals surface area contributed by atoms with E-state index in [1.165, 1.54) is 57.8 Å². The van der Waals surface area contributed by atoms with E-state index in [2.05, 4.69) is 31.2 Å². The van der Waals surface area contributed by atoms with E-state index < -0.39 is 0 Å². The van der Waals surface area contributed by atoms with Crippen molar-refractivity contribution in [1.82, 2.24) is 0 Å². The lowest BCUT2D eigenvalue weighted by atomic mass is 9.89. The van der Waals surface area contributed by atoms with E-state index in [1.54, 1.807) is 0 Å². The number of allylic oxidation sites excluding steroid dienone is 4. The van der Waals surface area contributed by atoms with Crippen LogP contribution in [0.3, 0.4) is 0 Å². The summed E-state index contributed by atoms with van der Waals surface area (Å²) in [6, 6.07) is 0. The van der Waals surface area contributed by atoms with E-state index in [1.807, 2.05) is 0 Å². The molecule has 0 heterocycles. The van der Waals surface area contributed by atoms with E-state index in [0.717, 1.165) is 5.92 Å². The van der Waals surface area contributed by atoms with Crippen LogP contribution in [0.4, 0.5) is 0 Å². The van der Waals surface area contributed by atoms with Gasteiger partial charge in [0.2, 0.25) is 0 Å². The molecule has 0 aromatic heterocycles. The summed E-state index contributed by atoms with van der Waals surface area (Å²) in [6.07, 6.45) is 21.7. The quantitative estimate of drug-likeness (QED) is 0.411. The van der Waals surface area contributed by atoms with Gasteiger partial charge in [-0.05, 0) is 31.6 Å². The molecule has 1 rings (SSSR count). The molecule has 0 amide bonds. The molecule has 0 heteroatoms. The van der Waals surface area contributed by atoms with Crippen LogP contribution in [-0.2, 0) is 0 Å². The van der Waals surface area contributed by atoms with Gasteiger partial charge in [-0.25, -0.2) is 0 Å². The van der Waals surface area contributed by atoms with Gasteiger partial charge in [0.1, 0.15) is 0 Å². The Bertz CT molecular complexity index is 182. The molecule has 0 N–H and O–H groups in total. The fourth-order valence-corrected chi connectivity index (χ4v) is 2.23. The van der Waals surface area contributed by atoms with Crippen LogP contribution in [0.1, 0.15) is 64.7 Å². The fraction of sp³-hybridized carbons (Fsp3) is 0.733. The van der Waals surface area contributed by atoms with Gasteiger partial charge >= 0.3 is 0 Å². The second-order valence-corrected chi connectivity index (χ2v) is 4.71. The maximum absolute atomic E-state index is 2.41. The molecule has 15 heavy (non-hydrogen) atoms. The van der Waals surface area contributed by atoms with Crippen molar-refractivity contribution in [3.8, 4) is 0 Å². The number of unbranched alkanes of at least 4 members (excludes halogenated alkanes) is 3. The van der Waals surface area contributed by atoms with E-state index in [0.29, 0.717) is 0 Å². The second-order valence-electron chi connectivity index (χ2n) is 4.71. The highest BCUT2D eigenvalue weighted by atomic mass is 14.1. The van der Waals surface area contributed by atoms with Gasteiger partial charge < -0.3 is 0 Å². The molecule has 0 nitrogen and oxygen atoms in total. The van der Waals surface area contributed by atoms with Gasteiger partial charge in [-0.15, -0.1) is 0 Å². The molecule has 1 aliphatic rings. The zero-order valence-electron chi connectivity index (χ0n) is 10.3. The van der Waals surface area contributed by atoms with Crippen molar-refractivity contribution in [3.63, 3.8) is 0 Å². The summed E-state index contributed by atoms with van der Waals surface area (Å²) >= 11 is 0. The minimum Gasteiger partial charge on any atom is -0.0845 e. The minimum atomic E-state index is 0.874. The van der Waals surface area contributed by atoms with E-state index in [4.69, 9.17) is 0 Å². The van der Waals surface area contributed by atoms with Crippen molar-refractivity contribution in [2.45, 2.75) is 64.7 Å². The standard InChI is InChI=1S/C15H26/c1-2-3-4-5-6-7-9-12-15-13-10-8-11-14-15/h6-7,9,12,15H,2-5,8,10-11,13-14H2,1H3/b7-6+,12-9+. The second kappa shape index (κ2) is 8.76. The van der Waals surface area contributed by atoms with Crippen LogP contribution in [0.2, 0.25) is 0 Å². The largest absolute Gasteiger partial charge is 0.0845 e. The number of rotatable bonds is 6. The lowest BCUT2D eigenvalue weighted by Gasteiger charge is -2.17. The molecule has 0 saturated heterocycles. The highest BCUT2D eigenvalue weighted by Crippen LogP contribution is 2.24. The third-order valence-electron chi connectivity index (χ3n) is 3.25. The zero-order chi connectivity index (χ0) is 10.8. The van der Waals surface area contributed by atoms with Crippen molar-refractivity contribution in [2.75, 3.05) is 0 Å². The smallest absolute Gasteiger partial charge is 0.0230 e. The molecule has 1 aliphatic carbocycles. The van der Waals surface area contributed by atoms with Gasteiger partial charge in [-0.2, -0.15) is 0 Å². The monoisotopic (exact) mass is 206 g/mol. The van der Waals surface area contributed by atoms with Crippen molar-refractivity contribution in [2.24, 2.45) is 5.92 Å². The topological polar surface area (TPSA) is 0 Å². The Morgan fingerprint density at radius 1 is 1.00 bits per heavy atom. The van der Waals surface area contributed by atoms with Crippen LogP contribution in [0.5, 0.6) is 0 Å². The normalized spacial score (nSPS) is 19.3. The van der Waals surface area contributed by atoms with Gasteiger partial charge in [0.25, 0.3) is 0 Å². The lowest BCUT2D eigenvalue weighted by molar-refractivity contribution is 0.419. The van der Waals surface area contributed by atoms with Crippen LogP contribution >= 0.6 is 0 Å². The minimum absolute atomic E-state index is 0.874. The molecule has 1 saturated carbocycles. The first kappa shape index (κ1) is 12.5. The first-order chi connectivity index (χ1) is 7.43. The molecule has 1 fully saturated rings. The summed E-state index contributed by atoms with van der Waals surface area (Å²) in [4.78, 5) is 0. The molecular weight excluding hydrogens is 180 g/mol. The van der Waals surface area contributed by atoms with Gasteiger partial charge in [0.15, 0.2) is 0 Å². The molecule has 0 radical (unpaired) electrons. The summed E-state index contributed by atoms with van der Waals surface area (Å²) < 4.78 is 0. The average molecular weight is 206 g/mol. The lowest BCUT2D eigenvalue weighted by Crippen LogP contribution is -2.02. The van der Waals surface area contributed by atoms with Gasteiger partial charge in [0.05, 0.1) is 0 Å². The third kappa shape index (κ3) is 6.54. The molecule has 0 aromatic carbocycles. The van der Waals surface area contributed by atoms with Gasteiger partial charge in [0, 0.05) is 0 Å². The summed E-state index contributed by atoms with van der Waals surface area (Å²) in [6.45, 7) is 2.26. The molecule has 0 aromatic rings. The fourth-order valence-electron chi connectivity index (χ4n) is 2.23. The van der Waals surface area contributed by atoms with Crippen LogP contribution in [0, 0.1) is 5.92 Å². The van der Waals surface area contributed by atoms with E-state index >= 15 is 0 Å². The first-order valence-corrected chi connectivity index (χ1v) is 6.77.